The highest BCUT2D eigenvalue weighted by atomic mass is 32.1. The number of carbonyl (C=O) groups is 1. The standard InChI is InChI=1S/C22H23N5OS.C2H6.2H2/c28-21(24-18-7-3-4-8-20(18)26-11-9-23-10-12-26)19-15-29-22(25-19)27-13-16-5-1-2-6-17(16)14-27;1-2;;/h1-8,15,23H,9-14H2,(H,24,28);1-2H3;2*1H. The number of nitrogens with one attached hydrogen (secondary N) is 2. The van der Waals surface area contributed by atoms with Gasteiger partial charge in [0, 0.05) is 47.5 Å². The maximum Gasteiger partial charge on any atom is 0.275 e. The number of nitrogens with zero attached hydrogens (tertiary/aromatic N) is 3. The van der Waals surface area contributed by atoms with Crippen LogP contribution in [0.2, 0.25) is 0 Å². The van der Waals surface area contributed by atoms with Crippen LogP contribution in [-0.4, -0.2) is 37.1 Å². The number of hydrogen-bond acceptors (Lipinski definition) is 6. The zero-order chi connectivity index (χ0) is 21.6. The first-order valence-corrected chi connectivity index (χ1v) is 11.8. The molecule has 0 atom stereocenters. The SMILES string of the molecule is CC.O=C(Nc1ccccc1N1CCNCC1)c1csc(N2Cc3ccccc3C2)n1.[HH].[HH]. The van der Waals surface area contributed by atoms with Gasteiger partial charge in [0.05, 0.1) is 11.4 Å². The van der Waals surface area contributed by atoms with Crippen LogP contribution in [0.4, 0.5) is 16.5 Å². The molecule has 6 nitrogen and oxygen atoms in total. The van der Waals surface area contributed by atoms with E-state index in [1.165, 1.54) is 22.5 Å². The Bertz CT molecular complexity index is 1010. The molecular formula is C24H33N5OS. The van der Waals surface area contributed by atoms with E-state index in [0.717, 1.165) is 55.8 Å². The first kappa shape index (κ1) is 21.3. The van der Waals surface area contributed by atoms with E-state index in [1.807, 2.05) is 37.4 Å². The summed E-state index contributed by atoms with van der Waals surface area (Å²) in [7, 11) is 0. The molecule has 0 aliphatic carbocycles. The van der Waals surface area contributed by atoms with E-state index < -0.39 is 0 Å². The van der Waals surface area contributed by atoms with Gasteiger partial charge in [-0.2, -0.15) is 0 Å². The topological polar surface area (TPSA) is 60.5 Å². The molecule has 1 aromatic heterocycles. The third-order valence-electron chi connectivity index (χ3n) is 5.45. The summed E-state index contributed by atoms with van der Waals surface area (Å²) in [5.74, 6) is -0.160. The van der Waals surface area contributed by atoms with Crippen LogP contribution in [-0.2, 0) is 13.1 Å². The van der Waals surface area contributed by atoms with Gasteiger partial charge >= 0.3 is 0 Å². The molecule has 7 heteroatoms. The highest BCUT2D eigenvalue weighted by Gasteiger charge is 2.23. The van der Waals surface area contributed by atoms with Crippen molar-refractivity contribution in [3.8, 4) is 0 Å². The third kappa shape index (κ3) is 4.73. The van der Waals surface area contributed by atoms with E-state index in [2.05, 4.69) is 55.7 Å². The number of aromatic nitrogens is 1. The van der Waals surface area contributed by atoms with Crippen LogP contribution in [0.5, 0.6) is 0 Å². The van der Waals surface area contributed by atoms with Crippen molar-refractivity contribution in [1.82, 2.24) is 10.3 Å². The van der Waals surface area contributed by atoms with Crippen molar-refractivity contribution in [2.24, 2.45) is 0 Å². The van der Waals surface area contributed by atoms with Gasteiger partial charge in [-0.3, -0.25) is 4.79 Å². The van der Waals surface area contributed by atoms with Crippen LogP contribution < -0.4 is 20.4 Å². The minimum absolute atomic E-state index is 0. The lowest BCUT2D eigenvalue weighted by atomic mass is 10.1. The van der Waals surface area contributed by atoms with Crippen LogP contribution in [0.3, 0.4) is 0 Å². The number of anilines is 3. The van der Waals surface area contributed by atoms with Gasteiger partial charge in [0.1, 0.15) is 5.69 Å². The highest BCUT2D eigenvalue weighted by molar-refractivity contribution is 7.13. The number of carbonyl (C=O) groups excluding carboxylic acids is 1. The lowest BCUT2D eigenvalue weighted by Crippen LogP contribution is -2.43. The molecule has 0 saturated carbocycles. The van der Waals surface area contributed by atoms with Crippen molar-refractivity contribution in [2.45, 2.75) is 26.9 Å². The molecular weight excluding hydrogens is 406 g/mol. The molecule has 1 amide bonds. The van der Waals surface area contributed by atoms with Gasteiger partial charge in [0.15, 0.2) is 5.13 Å². The molecule has 166 valence electrons. The van der Waals surface area contributed by atoms with E-state index >= 15 is 0 Å². The van der Waals surface area contributed by atoms with Gasteiger partial charge in [0.25, 0.3) is 5.91 Å². The molecule has 0 spiro atoms. The number of piperazine rings is 1. The second-order valence-electron chi connectivity index (χ2n) is 7.35. The van der Waals surface area contributed by atoms with Crippen molar-refractivity contribution in [1.29, 1.82) is 0 Å². The highest BCUT2D eigenvalue weighted by Crippen LogP contribution is 2.31. The summed E-state index contributed by atoms with van der Waals surface area (Å²) in [6.45, 7) is 9.46. The number of para-hydroxylation sites is 2. The van der Waals surface area contributed by atoms with Gasteiger partial charge in [0.2, 0.25) is 0 Å². The number of hydrogen-bond donors (Lipinski definition) is 2. The van der Waals surface area contributed by atoms with E-state index in [9.17, 15) is 4.79 Å². The Morgan fingerprint density at radius 1 is 1.00 bits per heavy atom. The fourth-order valence-corrected chi connectivity index (χ4v) is 4.74. The normalized spacial score (nSPS) is 15.2. The molecule has 1 saturated heterocycles. The Hall–Kier alpha value is -2.90. The van der Waals surface area contributed by atoms with Crippen molar-refractivity contribution in [3.63, 3.8) is 0 Å². The largest absolute Gasteiger partial charge is 0.367 e. The first-order chi connectivity index (χ1) is 15.3. The fourth-order valence-electron chi connectivity index (χ4n) is 3.93. The first-order valence-electron chi connectivity index (χ1n) is 10.9. The Balaban J connectivity index is 0.000000939. The number of fused-ring (bicyclic) bond motifs is 1. The predicted molar refractivity (Wildman–Crippen MR) is 133 cm³/mol. The molecule has 31 heavy (non-hydrogen) atoms. The van der Waals surface area contributed by atoms with Gasteiger partial charge in [-0.15, -0.1) is 11.3 Å². The molecule has 3 aromatic rings. The average molecular weight is 440 g/mol. The maximum atomic E-state index is 12.9. The van der Waals surface area contributed by atoms with Crippen molar-refractivity contribution in [2.75, 3.05) is 41.3 Å². The molecule has 1 fully saturated rings. The quantitative estimate of drug-likeness (QED) is 0.609. The molecule has 0 radical (unpaired) electrons. The summed E-state index contributed by atoms with van der Waals surface area (Å²) >= 11 is 1.52. The van der Waals surface area contributed by atoms with E-state index in [0.29, 0.717) is 5.69 Å². The Labute approximate surface area is 190 Å². The molecule has 2 aliphatic heterocycles. The van der Waals surface area contributed by atoms with Gasteiger partial charge in [-0.25, -0.2) is 4.98 Å². The summed E-state index contributed by atoms with van der Waals surface area (Å²) < 4.78 is 0. The zero-order valence-electron chi connectivity index (χ0n) is 18.1. The molecule has 2 aromatic carbocycles. The molecule has 3 heterocycles. The predicted octanol–water partition coefficient (Wildman–Crippen LogP) is 4.84. The van der Waals surface area contributed by atoms with E-state index in [1.54, 1.807) is 0 Å². The smallest absolute Gasteiger partial charge is 0.275 e. The summed E-state index contributed by atoms with van der Waals surface area (Å²) in [5.41, 5.74) is 5.03. The van der Waals surface area contributed by atoms with Gasteiger partial charge < -0.3 is 20.4 Å². The minimum Gasteiger partial charge on any atom is -0.367 e. The van der Waals surface area contributed by atoms with Crippen LogP contribution in [0.25, 0.3) is 0 Å². The lowest BCUT2D eigenvalue weighted by Gasteiger charge is -2.31. The second-order valence-corrected chi connectivity index (χ2v) is 8.18. The van der Waals surface area contributed by atoms with Gasteiger partial charge in [-0.05, 0) is 23.3 Å². The molecule has 2 aliphatic rings. The molecule has 5 rings (SSSR count). The average Bonchev–Trinajstić information content (AvgIpc) is 3.49. The summed E-state index contributed by atoms with van der Waals surface area (Å²) in [4.78, 5) is 22.0. The minimum atomic E-state index is -0.160. The van der Waals surface area contributed by atoms with Crippen molar-refractivity contribution < 1.29 is 7.65 Å². The van der Waals surface area contributed by atoms with Crippen LogP contribution in [0, 0.1) is 0 Å². The monoisotopic (exact) mass is 439 g/mol. The Morgan fingerprint density at radius 3 is 2.35 bits per heavy atom. The maximum absolute atomic E-state index is 12.9. The summed E-state index contributed by atoms with van der Waals surface area (Å²) in [6.07, 6.45) is 0. The fraction of sp³-hybridized carbons (Fsp3) is 0.333. The van der Waals surface area contributed by atoms with Crippen molar-refractivity contribution >= 4 is 33.8 Å². The zero-order valence-corrected chi connectivity index (χ0v) is 18.9. The lowest BCUT2D eigenvalue weighted by molar-refractivity contribution is 0.102. The number of thiazole rings is 1. The summed E-state index contributed by atoms with van der Waals surface area (Å²) in [6, 6.07) is 16.4. The molecule has 0 unspecified atom stereocenters. The number of rotatable bonds is 4. The van der Waals surface area contributed by atoms with Gasteiger partial charge in [-0.1, -0.05) is 50.2 Å². The Morgan fingerprint density at radius 2 is 1.65 bits per heavy atom. The summed E-state index contributed by atoms with van der Waals surface area (Å²) in [5, 5.41) is 9.17. The van der Waals surface area contributed by atoms with Crippen LogP contribution >= 0.6 is 11.3 Å². The van der Waals surface area contributed by atoms with Crippen LogP contribution in [0.1, 0.15) is 38.3 Å². The Kier molecular flexibility index (Phi) is 6.84. The third-order valence-corrected chi connectivity index (χ3v) is 6.35. The van der Waals surface area contributed by atoms with Crippen molar-refractivity contribution in [3.05, 3.63) is 70.7 Å². The number of amides is 1. The van der Waals surface area contributed by atoms with E-state index in [-0.39, 0.29) is 8.76 Å². The van der Waals surface area contributed by atoms with E-state index in [4.69, 9.17) is 0 Å². The molecule has 0 bridgehead atoms. The van der Waals surface area contributed by atoms with Crippen LogP contribution in [0.15, 0.2) is 53.9 Å². The number of benzene rings is 2. The molecule has 2 N–H and O–H groups in total. The second kappa shape index (κ2) is 9.94.